The van der Waals surface area contributed by atoms with Crippen LogP contribution in [0.3, 0.4) is 0 Å². The van der Waals surface area contributed by atoms with Gasteiger partial charge in [-0.2, -0.15) is 5.26 Å². The molecule has 1 aromatic heterocycles. The highest BCUT2D eigenvalue weighted by atomic mass is 19.3. The van der Waals surface area contributed by atoms with Gasteiger partial charge in [-0.3, -0.25) is 0 Å². The smallest absolute Gasteiger partial charge is 0.263 e. The number of nitriles is 1. The zero-order chi connectivity index (χ0) is 10.8. The molecule has 0 spiro atoms. The third-order valence-electron chi connectivity index (χ3n) is 2.15. The summed E-state index contributed by atoms with van der Waals surface area (Å²) < 4.78 is 38.6. The van der Waals surface area contributed by atoms with Crippen LogP contribution >= 0.6 is 0 Å². The van der Waals surface area contributed by atoms with Crippen molar-refractivity contribution in [1.82, 2.24) is 4.57 Å². The van der Waals surface area contributed by atoms with Crippen molar-refractivity contribution in [3.8, 4) is 6.07 Å². The molecule has 0 aliphatic carbocycles. The summed E-state index contributed by atoms with van der Waals surface area (Å²) in [7, 11) is 0. The van der Waals surface area contributed by atoms with E-state index in [4.69, 9.17) is 5.26 Å². The van der Waals surface area contributed by atoms with Gasteiger partial charge in [0.05, 0.1) is 5.56 Å². The largest absolute Gasteiger partial charge is 0.339 e. The number of hydrogen-bond acceptors (Lipinski definition) is 1. The number of aromatic nitrogens is 1. The molecule has 5 heteroatoms. The van der Waals surface area contributed by atoms with Crippen molar-refractivity contribution in [2.45, 2.75) is 18.9 Å². The van der Waals surface area contributed by atoms with Gasteiger partial charge >= 0.3 is 0 Å². The highest BCUT2D eigenvalue weighted by Crippen LogP contribution is 2.26. The van der Waals surface area contributed by atoms with E-state index in [0.717, 1.165) is 11.5 Å². The molecule has 0 fully saturated rings. The molecule has 0 amide bonds. The van der Waals surface area contributed by atoms with E-state index in [1.807, 2.05) is 0 Å². The molecule has 2 nitrogen and oxygen atoms in total. The fraction of sp³-hybridized carbons (Fsp3) is 0.444. The van der Waals surface area contributed by atoms with Gasteiger partial charge in [-0.05, 0) is 13.0 Å². The van der Waals surface area contributed by atoms with Crippen LogP contribution in [0.4, 0.5) is 13.2 Å². The summed E-state index contributed by atoms with van der Waals surface area (Å²) in [5.41, 5.74) is -1.64. The normalized spacial score (nSPS) is 15.1. The van der Waals surface area contributed by atoms with Crippen molar-refractivity contribution in [2.24, 2.45) is 0 Å². The van der Waals surface area contributed by atoms with E-state index in [-0.39, 0.29) is 5.56 Å². The van der Waals surface area contributed by atoms with Crippen molar-refractivity contribution in [2.75, 3.05) is 6.67 Å². The monoisotopic (exact) mass is 202 g/mol. The molecule has 0 aliphatic rings. The first kappa shape index (κ1) is 10.6. The molecule has 1 aromatic rings. The fourth-order valence-electron chi connectivity index (χ4n) is 1.02. The minimum atomic E-state index is -2.81. The van der Waals surface area contributed by atoms with Gasteiger partial charge < -0.3 is 4.57 Å². The Morgan fingerprint density at radius 1 is 1.64 bits per heavy atom. The van der Waals surface area contributed by atoms with Crippen molar-refractivity contribution in [3.63, 3.8) is 0 Å². The Morgan fingerprint density at radius 2 is 2.29 bits per heavy atom. The van der Waals surface area contributed by atoms with Gasteiger partial charge in [-0.25, -0.2) is 13.2 Å². The van der Waals surface area contributed by atoms with Crippen LogP contribution in [0, 0.1) is 11.3 Å². The Hall–Kier alpha value is -1.44. The Balaban J connectivity index is 3.07. The van der Waals surface area contributed by atoms with E-state index in [1.165, 1.54) is 18.5 Å². The fourth-order valence-corrected chi connectivity index (χ4v) is 1.02. The Morgan fingerprint density at radius 3 is 2.64 bits per heavy atom. The number of hydrogen-bond donors (Lipinski definition) is 0. The van der Waals surface area contributed by atoms with E-state index in [2.05, 4.69) is 0 Å². The summed E-state index contributed by atoms with van der Waals surface area (Å²) in [5.74, 6) is 0. The van der Waals surface area contributed by atoms with Gasteiger partial charge in [0, 0.05) is 12.4 Å². The topological polar surface area (TPSA) is 28.7 Å². The number of alkyl halides is 3. The molecule has 1 unspecified atom stereocenters. The molecule has 0 saturated heterocycles. The highest BCUT2D eigenvalue weighted by molar-refractivity contribution is 5.26. The summed E-state index contributed by atoms with van der Waals surface area (Å²) in [6.07, 6.45) is -0.317. The molecule has 1 heterocycles. The second-order valence-corrected chi connectivity index (χ2v) is 3.21. The number of halogens is 3. The van der Waals surface area contributed by atoms with E-state index >= 15 is 0 Å². The van der Waals surface area contributed by atoms with E-state index in [0.29, 0.717) is 0 Å². The minimum Gasteiger partial charge on any atom is -0.339 e. The lowest BCUT2D eigenvalue weighted by Gasteiger charge is -2.27. The third-order valence-corrected chi connectivity index (χ3v) is 2.15. The maximum Gasteiger partial charge on any atom is 0.263 e. The lowest BCUT2D eigenvalue weighted by molar-refractivity contribution is 0.000349. The van der Waals surface area contributed by atoms with E-state index in [1.54, 1.807) is 6.07 Å². The summed E-state index contributed by atoms with van der Waals surface area (Å²) in [4.78, 5) is 0. The molecule has 0 aromatic carbocycles. The third kappa shape index (κ3) is 1.60. The maximum atomic E-state index is 12.5. The van der Waals surface area contributed by atoms with Crippen LogP contribution in [0.15, 0.2) is 18.5 Å². The van der Waals surface area contributed by atoms with Crippen molar-refractivity contribution in [3.05, 3.63) is 24.0 Å². The molecule has 0 saturated carbocycles. The Kier molecular flexibility index (Phi) is 2.84. The van der Waals surface area contributed by atoms with Crippen molar-refractivity contribution < 1.29 is 13.2 Å². The molecular weight excluding hydrogens is 193 g/mol. The highest BCUT2D eigenvalue weighted by Gasteiger charge is 2.36. The van der Waals surface area contributed by atoms with Crippen LogP contribution in [-0.2, 0) is 5.54 Å². The summed E-state index contributed by atoms with van der Waals surface area (Å²) in [6, 6.07) is 3.17. The minimum absolute atomic E-state index is 0.241. The summed E-state index contributed by atoms with van der Waals surface area (Å²) in [6.45, 7) is -0.0664. The zero-order valence-electron chi connectivity index (χ0n) is 7.54. The van der Waals surface area contributed by atoms with Gasteiger partial charge in [-0.1, -0.05) is 0 Å². The van der Waals surface area contributed by atoms with Crippen LogP contribution in [-0.4, -0.2) is 17.7 Å². The molecule has 0 N–H and O–H groups in total. The van der Waals surface area contributed by atoms with Crippen LogP contribution in [0.2, 0.25) is 0 Å². The SMILES string of the molecule is CC(CF)(C(F)F)n1ccc(C#N)c1. The molecular formula is C9H9F3N2. The predicted molar refractivity (Wildman–Crippen MR) is 44.8 cm³/mol. The number of nitrogens with zero attached hydrogens (tertiary/aromatic N) is 2. The second kappa shape index (κ2) is 3.74. The van der Waals surface area contributed by atoms with Crippen molar-refractivity contribution >= 4 is 0 Å². The van der Waals surface area contributed by atoms with Gasteiger partial charge in [0.2, 0.25) is 0 Å². The standard InChI is InChI=1S/C9H9F3N2/c1-9(6-10,8(11)12)14-3-2-7(4-13)5-14/h2-3,5,8H,6H2,1H3. The Labute approximate surface area is 79.6 Å². The van der Waals surface area contributed by atoms with Gasteiger partial charge in [0.15, 0.2) is 0 Å². The second-order valence-electron chi connectivity index (χ2n) is 3.21. The summed E-state index contributed by atoms with van der Waals surface area (Å²) >= 11 is 0. The molecule has 1 rings (SSSR count). The summed E-state index contributed by atoms with van der Waals surface area (Å²) in [5, 5.41) is 8.48. The molecule has 1 atom stereocenters. The first-order valence-electron chi connectivity index (χ1n) is 3.97. The molecule has 0 aliphatic heterocycles. The average molecular weight is 202 g/mol. The molecule has 0 radical (unpaired) electrons. The number of rotatable bonds is 3. The van der Waals surface area contributed by atoms with Gasteiger partial charge in [0.25, 0.3) is 6.43 Å². The zero-order valence-corrected chi connectivity index (χ0v) is 7.54. The van der Waals surface area contributed by atoms with Crippen LogP contribution in [0.5, 0.6) is 0 Å². The quantitative estimate of drug-likeness (QED) is 0.739. The van der Waals surface area contributed by atoms with E-state index in [9.17, 15) is 13.2 Å². The van der Waals surface area contributed by atoms with E-state index < -0.39 is 18.6 Å². The average Bonchev–Trinajstić information content (AvgIpc) is 2.64. The lowest BCUT2D eigenvalue weighted by Crippen LogP contribution is -2.39. The van der Waals surface area contributed by atoms with Gasteiger partial charge in [-0.15, -0.1) is 0 Å². The van der Waals surface area contributed by atoms with Gasteiger partial charge in [0.1, 0.15) is 18.3 Å². The van der Waals surface area contributed by atoms with Crippen LogP contribution in [0.1, 0.15) is 12.5 Å². The molecule has 76 valence electrons. The van der Waals surface area contributed by atoms with Crippen molar-refractivity contribution in [1.29, 1.82) is 5.26 Å². The first-order valence-corrected chi connectivity index (χ1v) is 3.97. The predicted octanol–water partition coefficient (Wildman–Crippen LogP) is 2.31. The Bertz CT molecular complexity index is 353. The lowest BCUT2D eigenvalue weighted by atomic mass is 10.1. The van der Waals surface area contributed by atoms with Crippen LogP contribution in [0.25, 0.3) is 0 Å². The molecule has 0 bridgehead atoms. The maximum absolute atomic E-state index is 12.5. The first-order chi connectivity index (χ1) is 6.54. The molecule has 14 heavy (non-hydrogen) atoms. The van der Waals surface area contributed by atoms with Crippen LogP contribution < -0.4 is 0 Å².